The molecule has 0 aromatic carbocycles. The van der Waals surface area contributed by atoms with Gasteiger partial charge < -0.3 is 10.6 Å². The molecule has 0 radical (unpaired) electrons. The molecule has 0 heterocycles. The average molecular weight is 198 g/mol. The first-order chi connectivity index (χ1) is 6.55. The molecule has 82 valence electrons. The molecule has 0 aromatic heterocycles. The summed E-state index contributed by atoms with van der Waals surface area (Å²) >= 11 is 0. The molecule has 1 saturated carbocycles. The van der Waals surface area contributed by atoms with Gasteiger partial charge in [-0.25, -0.2) is 0 Å². The van der Waals surface area contributed by atoms with Gasteiger partial charge in [0.1, 0.15) is 0 Å². The summed E-state index contributed by atoms with van der Waals surface area (Å²) in [4.78, 5) is 13.8. The Bertz CT molecular complexity index is 207. The lowest BCUT2D eigenvalue weighted by Crippen LogP contribution is -2.54. The summed E-state index contributed by atoms with van der Waals surface area (Å²) in [6.07, 6.45) is 3.41. The van der Waals surface area contributed by atoms with Crippen molar-refractivity contribution >= 4 is 5.91 Å². The van der Waals surface area contributed by atoms with Crippen LogP contribution in [-0.4, -0.2) is 29.9 Å². The minimum Gasteiger partial charge on any atom is -0.342 e. The quantitative estimate of drug-likeness (QED) is 0.741. The molecule has 1 amide bonds. The third-order valence-electron chi connectivity index (χ3n) is 3.59. The number of likely N-dealkylation sites (N-methyl/N-ethyl adjacent to an activating group) is 1. The predicted molar refractivity (Wildman–Crippen MR) is 57.9 cm³/mol. The van der Waals surface area contributed by atoms with E-state index < -0.39 is 0 Å². The van der Waals surface area contributed by atoms with Gasteiger partial charge in [-0.15, -0.1) is 0 Å². The number of hydrogen-bond acceptors (Lipinski definition) is 2. The fourth-order valence-corrected chi connectivity index (χ4v) is 2.08. The third kappa shape index (κ3) is 1.92. The maximum absolute atomic E-state index is 11.9. The molecular formula is C11H22N2O. The van der Waals surface area contributed by atoms with Crippen LogP contribution in [-0.2, 0) is 4.79 Å². The molecule has 2 N–H and O–H groups in total. The smallest absolute Gasteiger partial charge is 0.240 e. The van der Waals surface area contributed by atoms with Gasteiger partial charge in [0.25, 0.3) is 0 Å². The highest BCUT2D eigenvalue weighted by atomic mass is 16.2. The van der Waals surface area contributed by atoms with Gasteiger partial charge in [0.05, 0.1) is 6.04 Å². The molecule has 1 unspecified atom stereocenters. The van der Waals surface area contributed by atoms with Crippen molar-refractivity contribution in [2.24, 2.45) is 11.1 Å². The van der Waals surface area contributed by atoms with Crippen LogP contribution < -0.4 is 5.73 Å². The molecule has 14 heavy (non-hydrogen) atoms. The first kappa shape index (κ1) is 11.5. The molecule has 0 aliphatic heterocycles. The fraction of sp³-hybridized carbons (Fsp3) is 0.909. The Morgan fingerprint density at radius 1 is 1.43 bits per heavy atom. The Morgan fingerprint density at radius 2 is 1.93 bits per heavy atom. The Labute approximate surface area is 86.6 Å². The molecule has 1 aliphatic rings. The SMILES string of the molecule is CCN(CC)C(=O)C(N)C1(C)CCC1. The van der Waals surface area contributed by atoms with Gasteiger partial charge >= 0.3 is 0 Å². The van der Waals surface area contributed by atoms with Crippen LogP contribution in [0.3, 0.4) is 0 Å². The Kier molecular flexibility index (Phi) is 3.53. The highest BCUT2D eigenvalue weighted by molar-refractivity contribution is 5.82. The molecule has 0 saturated heterocycles. The first-order valence-electron chi connectivity index (χ1n) is 5.59. The number of nitrogens with two attached hydrogens (primary N) is 1. The molecular weight excluding hydrogens is 176 g/mol. The van der Waals surface area contributed by atoms with Gasteiger partial charge in [0, 0.05) is 13.1 Å². The summed E-state index contributed by atoms with van der Waals surface area (Å²) in [6.45, 7) is 7.65. The van der Waals surface area contributed by atoms with Gasteiger partial charge in [0.15, 0.2) is 0 Å². The second-order valence-corrected chi connectivity index (χ2v) is 4.50. The number of amides is 1. The van der Waals surface area contributed by atoms with E-state index in [0.29, 0.717) is 0 Å². The number of hydrogen-bond donors (Lipinski definition) is 1. The largest absolute Gasteiger partial charge is 0.342 e. The van der Waals surface area contributed by atoms with Crippen LogP contribution in [0.25, 0.3) is 0 Å². The number of carbonyl (C=O) groups excluding carboxylic acids is 1. The Balaban J connectivity index is 2.59. The van der Waals surface area contributed by atoms with Gasteiger partial charge in [-0.2, -0.15) is 0 Å². The van der Waals surface area contributed by atoms with E-state index in [-0.39, 0.29) is 17.4 Å². The van der Waals surface area contributed by atoms with E-state index in [4.69, 9.17) is 5.73 Å². The van der Waals surface area contributed by atoms with Crippen molar-refractivity contribution in [1.82, 2.24) is 4.90 Å². The maximum atomic E-state index is 11.9. The number of nitrogens with zero attached hydrogens (tertiary/aromatic N) is 1. The second kappa shape index (κ2) is 4.30. The highest BCUT2D eigenvalue weighted by Crippen LogP contribution is 2.42. The zero-order chi connectivity index (χ0) is 10.8. The molecule has 1 atom stereocenters. The maximum Gasteiger partial charge on any atom is 0.240 e. The molecule has 3 heteroatoms. The monoisotopic (exact) mass is 198 g/mol. The predicted octanol–water partition coefficient (Wildman–Crippen LogP) is 1.37. The molecule has 0 bridgehead atoms. The molecule has 0 spiro atoms. The van der Waals surface area contributed by atoms with E-state index in [9.17, 15) is 4.79 Å². The lowest BCUT2D eigenvalue weighted by Gasteiger charge is -2.43. The van der Waals surface area contributed by atoms with Crippen LogP contribution in [0.1, 0.15) is 40.0 Å². The van der Waals surface area contributed by atoms with Crippen LogP contribution in [0.5, 0.6) is 0 Å². The molecule has 3 nitrogen and oxygen atoms in total. The highest BCUT2D eigenvalue weighted by Gasteiger charge is 2.42. The third-order valence-corrected chi connectivity index (χ3v) is 3.59. The number of rotatable bonds is 4. The minimum absolute atomic E-state index is 0.0691. The number of carbonyl (C=O) groups is 1. The molecule has 1 aliphatic carbocycles. The van der Waals surface area contributed by atoms with E-state index in [0.717, 1.165) is 25.9 Å². The second-order valence-electron chi connectivity index (χ2n) is 4.50. The fourth-order valence-electron chi connectivity index (χ4n) is 2.08. The standard InChI is InChI=1S/C11H22N2O/c1-4-13(5-2)10(14)9(12)11(3)7-6-8-11/h9H,4-8,12H2,1-3H3. The van der Waals surface area contributed by atoms with Gasteiger partial charge in [0.2, 0.25) is 5.91 Å². The summed E-state index contributed by atoms with van der Waals surface area (Å²) in [7, 11) is 0. The Morgan fingerprint density at radius 3 is 2.21 bits per heavy atom. The van der Waals surface area contributed by atoms with Gasteiger partial charge in [-0.1, -0.05) is 13.3 Å². The minimum atomic E-state index is -0.295. The lowest BCUT2D eigenvalue weighted by molar-refractivity contribution is -0.136. The van der Waals surface area contributed by atoms with Gasteiger partial charge in [-0.3, -0.25) is 4.79 Å². The van der Waals surface area contributed by atoms with E-state index in [1.165, 1.54) is 6.42 Å². The van der Waals surface area contributed by atoms with E-state index in [1.54, 1.807) is 0 Å². The van der Waals surface area contributed by atoms with E-state index in [1.807, 2.05) is 18.7 Å². The first-order valence-corrected chi connectivity index (χ1v) is 5.59. The van der Waals surface area contributed by atoms with Gasteiger partial charge in [-0.05, 0) is 32.1 Å². The molecule has 0 aromatic rings. The van der Waals surface area contributed by atoms with Crippen LogP contribution in [0, 0.1) is 5.41 Å². The topological polar surface area (TPSA) is 46.3 Å². The average Bonchev–Trinajstić information content (AvgIpc) is 2.14. The van der Waals surface area contributed by atoms with Crippen molar-refractivity contribution < 1.29 is 4.79 Å². The van der Waals surface area contributed by atoms with Crippen LogP contribution in [0.2, 0.25) is 0 Å². The van der Waals surface area contributed by atoms with Crippen molar-refractivity contribution in [2.45, 2.75) is 46.1 Å². The van der Waals surface area contributed by atoms with Crippen molar-refractivity contribution in [2.75, 3.05) is 13.1 Å². The lowest BCUT2D eigenvalue weighted by atomic mass is 9.65. The van der Waals surface area contributed by atoms with Crippen molar-refractivity contribution in [1.29, 1.82) is 0 Å². The van der Waals surface area contributed by atoms with Crippen LogP contribution in [0.15, 0.2) is 0 Å². The molecule has 1 rings (SSSR count). The van der Waals surface area contributed by atoms with E-state index >= 15 is 0 Å². The Hall–Kier alpha value is -0.570. The summed E-state index contributed by atoms with van der Waals surface area (Å²) in [5, 5.41) is 0. The van der Waals surface area contributed by atoms with E-state index in [2.05, 4.69) is 6.92 Å². The molecule has 1 fully saturated rings. The summed E-state index contributed by atoms with van der Waals surface area (Å²) in [6, 6.07) is -0.295. The zero-order valence-corrected chi connectivity index (χ0v) is 9.55. The van der Waals surface area contributed by atoms with Crippen LogP contribution >= 0.6 is 0 Å². The van der Waals surface area contributed by atoms with Crippen molar-refractivity contribution in [3.8, 4) is 0 Å². The normalized spacial score (nSPS) is 21.1. The van der Waals surface area contributed by atoms with Crippen molar-refractivity contribution in [3.05, 3.63) is 0 Å². The zero-order valence-electron chi connectivity index (χ0n) is 9.55. The summed E-state index contributed by atoms with van der Waals surface area (Å²) in [5.74, 6) is 0.122. The van der Waals surface area contributed by atoms with Crippen molar-refractivity contribution in [3.63, 3.8) is 0 Å². The van der Waals surface area contributed by atoms with Crippen LogP contribution in [0.4, 0.5) is 0 Å². The summed E-state index contributed by atoms with van der Waals surface area (Å²) in [5.41, 5.74) is 6.09. The summed E-state index contributed by atoms with van der Waals surface area (Å²) < 4.78 is 0.